The summed E-state index contributed by atoms with van der Waals surface area (Å²) in [6, 6.07) is 0. The number of aliphatic carboxylic acids is 1. The summed E-state index contributed by atoms with van der Waals surface area (Å²) in [4.78, 5) is 10.2. The minimum Gasteiger partial charge on any atom is -1.00 e. The van der Waals surface area contributed by atoms with Crippen LogP contribution in [0.15, 0.2) is 0 Å². The average molecular weight is 257 g/mol. The van der Waals surface area contributed by atoms with Gasteiger partial charge in [0.25, 0.3) is 0 Å². The summed E-state index contributed by atoms with van der Waals surface area (Å²) in [6.45, 7) is 2.16. The van der Waals surface area contributed by atoms with E-state index >= 15 is 0 Å². The lowest BCUT2D eigenvalue weighted by atomic mass is 10.4. The van der Waals surface area contributed by atoms with Gasteiger partial charge >= 0.3 is 5.97 Å². The monoisotopic (exact) mass is 256 g/mol. The highest BCUT2D eigenvalue weighted by molar-refractivity contribution is 7.96. The lowest BCUT2D eigenvalue weighted by Crippen LogP contribution is -3.00. The topological polar surface area (TPSA) is 37.3 Å². The van der Waals surface area contributed by atoms with E-state index in [2.05, 4.69) is 13.2 Å². The molecular formula is C8H17BrO2S. The number of carboxylic acid groups (broad SMARTS) is 1. The van der Waals surface area contributed by atoms with Gasteiger partial charge < -0.3 is 22.1 Å². The van der Waals surface area contributed by atoms with Gasteiger partial charge in [0.05, 0.1) is 12.7 Å². The third-order valence-electron chi connectivity index (χ3n) is 1.51. The molecule has 0 saturated heterocycles. The van der Waals surface area contributed by atoms with Gasteiger partial charge in [0, 0.05) is 0 Å². The highest BCUT2D eigenvalue weighted by Crippen LogP contribution is 1.99. The first kappa shape index (κ1) is 14.8. The molecule has 0 aliphatic carbocycles. The molecule has 0 spiro atoms. The van der Waals surface area contributed by atoms with Crippen LogP contribution in [0.25, 0.3) is 0 Å². The maximum absolute atomic E-state index is 10.2. The zero-order chi connectivity index (χ0) is 8.69. The Kier molecular flexibility index (Phi) is 11.6. The molecule has 0 saturated carbocycles. The van der Waals surface area contributed by atoms with Gasteiger partial charge in [-0.1, -0.05) is 13.3 Å². The SMILES string of the molecule is CCCC[S+](C)CCC(=O)O.[Br-]. The van der Waals surface area contributed by atoms with Gasteiger partial charge in [-0.3, -0.25) is 4.79 Å². The predicted molar refractivity (Wildman–Crippen MR) is 50.2 cm³/mol. The molecule has 0 aliphatic heterocycles. The summed E-state index contributed by atoms with van der Waals surface area (Å²) < 4.78 is 0. The van der Waals surface area contributed by atoms with Crippen molar-refractivity contribution in [2.75, 3.05) is 17.8 Å². The number of hydrogen-bond acceptors (Lipinski definition) is 1. The molecule has 0 aromatic carbocycles. The number of rotatable bonds is 6. The molecule has 0 heterocycles. The quantitative estimate of drug-likeness (QED) is 0.589. The largest absolute Gasteiger partial charge is 1.00 e. The van der Waals surface area contributed by atoms with Crippen molar-refractivity contribution in [2.45, 2.75) is 26.2 Å². The molecule has 74 valence electrons. The molecule has 2 nitrogen and oxygen atoms in total. The third kappa shape index (κ3) is 10.3. The highest BCUT2D eigenvalue weighted by Gasteiger charge is 2.11. The summed E-state index contributed by atoms with van der Waals surface area (Å²) in [7, 11) is 0.329. The lowest BCUT2D eigenvalue weighted by Gasteiger charge is -1.99. The molecule has 0 aromatic heterocycles. The molecule has 0 rings (SSSR count). The van der Waals surface area contributed by atoms with E-state index in [0.717, 1.165) is 5.75 Å². The fraction of sp³-hybridized carbons (Fsp3) is 0.875. The van der Waals surface area contributed by atoms with E-state index < -0.39 is 5.97 Å². The van der Waals surface area contributed by atoms with E-state index in [1.807, 2.05) is 0 Å². The van der Waals surface area contributed by atoms with Crippen LogP contribution in [0.1, 0.15) is 26.2 Å². The van der Waals surface area contributed by atoms with E-state index in [4.69, 9.17) is 5.11 Å². The minimum absolute atomic E-state index is 0. The first-order valence-corrected chi connectivity index (χ1v) is 5.95. The number of carbonyl (C=O) groups is 1. The maximum atomic E-state index is 10.2. The third-order valence-corrected chi connectivity index (χ3v) is 3.40. The average Bonchev–Trinajstić information content (AvgIpc) is 1.97. The predicted octanol–water partition coefficient (Wildman–Crippen LogP) is -1.49. The first-order valence-electron chi connectivity index (χ1n) is 3.97. The zero-order valence-corrected chi connectivity index (χ0v) is 10.1. The summed E-state index contributed by atoms with van der Waals surface area (Å²) in [5.41, 5.74) is 0. The van der Waals surface area contributed by atoms with Gasteiger partial charge in [0.15, 0.2) is 0 Å². The fourth-order valence-corrected chi connectivity index (χ4v) is 2.26. The zero-order valence-electron chi connectivity index (χ0n) is 7.68. The molecule has 4 heteroatoms. The summed E-state index contributed by atoms with van der Waals surface area (Å²) in [5.74, 6) is 1.39. The summed E-state index contributed by atoms with van der Waals surface area (Å²) in [6.07, 6.45) is 4.94. The number of carboxylic acids is 1. The molecular weight excluding hydrogens is 240 g/mol. The molecule has 0 amide bonds. The number of unbranched alkanes of at least 4 members (excludes halogenated alkanes) is 1. The van der Waals surface area contributed by atoms with Gasteiger partial charge in [0.1, 0.15) is 11.5 Å². The summed E-state index contributed by atoms with van der Waals surface area (Å²) >= 11 is 0. The van der Waals surface area contributed by atoms with Crippen molar-refractivity contribution in [3.8, 4) is 0 Å². The molecule has 0 aliphatic rings. The van der Waals surface area contributed by atoms with Crippen LogP contribution in [0.5, 0.6) is 0 Å². The highest BCUT2D eigenvalue weighted by atomic mass is 79.9. The number of hydrogen-bond donors (Lipinski definition) is 1. The molecule has 12 heavy (non-hydrogen) atoms. The molecule has 1 unspecified atom stereocenters. The van der Waals surface area contributed by atoms with Crippen LogP contribution in [0, 0.1) is 0 Å². The maximum Gasteiger partial charge on any atom is 0.308 e. The molecule has 0 radical (unpaired) electrons. The Morgan fingerprint density at radius 2 is 2.00 bits per heavy atom. The smallest absolute Gasteiger partial charge is 0.308 e. The van der Waals surface area contributed by atoms with Crippen LogP contribution in [0.3, 0.4) is 0 Å². The van der Waals surface area contributed by atoms with Crippen molar-refractivity contribution in [1.29, 1.82) is 0 Å². The minimum atomic E-state index is -0.666. The Bertz CT molecular complexity index is 120. The van der Waals surface area contributed by atoms with Gasteiger partial charge in [-0.15, -0.1) is 0 Å². The van der Waals surface area contributed by atoms with Crippen molar-refractivity contribution in [1.82, 2.24) is 0 Å². The van der Waals surface area contributed by atoms with E-state index in [0.29, 0.717) is 17.3 Å². The van der Waals surface area contributed by atoms with Crippen molar-refractivity contribution in [2.24, 2.45) is 0 Å². The standard InChI is InChI=1S/C8H16O2S.BrH/c1-3-4-6-11(2)7-5-8(9)10;/h3-7H2,1-2H3;1H. The van der Waals surface area contributed by atoms with E-state index in [1.165, 1.54) is 18.6 Å². The van der Waals surface area contributed by atoms with Crippen molar-refractivity contribution in [3.05, 3.63) is 0 Å². The molecule has 1 atom stereocenters. The van der Waals surface area contributed by atoms with Gasteiger partial charge in [-0.2, -0.15) is 0 Å². The Balaban J connectivity index is 0. The van der Waals surface area contributed by atoms with Crippen LogP contribution in [0.2, 0.25) is 0 Å². The second-order valence-electron chi connectivity index (χ2n) is 2.69. The normalized spacial score (nSPS) is 11.8. The molecule has 1 N–H and O–H groups in total. The second kappa shape index (κ2) is 9.39. The van der Waals surface area contributed by atoms with Crippen molar-refractivity contribution in [3.63, 3.8) is 0 Å². The van der Waals surface area contributed by atoms with E-state index in [1.54, 1.807) is 0 Å². The van der Waals surface area contributed by atoms with Gasteiger partial charge in [-0.25, -0.2) is 0 Å². The van der Waals surface area contributed by atoms with Gasteiger partial charge in [0.2, 0.25) is 0 Å². The second-order valence-corrected chi connectivity index (χ2v) is 5.07. The van der Waals surface area contributed by atoms with E-state index in [9.17, 15) is 4.79 Å². The molecule has 0 bridgehead atoms. The molecule has 0 fully saturated rings. The molecule has 0 aromatic rings. The van der Waals surface area contributed by atoms with Crippen molar-refractivity contribution >= 4 is 16.9 Å². The van der Waals surface area contributed by atoms with E-state index in [-0.39, 0.29) is 17.0 Å². The number of halogens is 1. The summed E-state index contributed by atoms with van der Waals surface area (Å²) in [5, 5.41) is 8.39. The Morgan fingerprint density at radius 1 is 1.42 bits per heavy atom. The Morgan fingerprint density at radius 3 is 2.42 bits per heavy atom. The van der Waals surface area contributed by atoms with Crippen LogP contribution in [0.4, 0.5) is 0 Å². The van der Waals surface area contributed by atoms with Crippen LogP contribution in [-0.4, -0.2) is 28.8 Å². The fourth-order valence-electron chi connectivity index (χ4n) is 0.754. The van der Waals surface area contributed by atoms with Crippen LogP contribution >= 0.6 is 0 Å². The lowest BCUT2D eigenvalue weighted by molar-refractivity contribution is -0.136. The Hall–Kier alpha value is 0.300. The van der Waals surface area contributed by atoms with Gasteiger partial charge in [-0.05, 0) is 17.3 Å². The van der Waals surface area contributed by atoms with Crippen LogP contribution in [-0.2, 0) is 15.7 Å². The van der Waals surface area contributed by atoms with Crippen LogP contribution < -0.4 is 17.0 Å². The first-order chi connectivity index (χ1) is 5.16. The van der Waals surface area contributed by atoms with Crippen molar-refractivity contribution < 1.29 is 26.9 Å². The Labute approximate surface area is 87.9 Å².